The number of carbonyl (C=O) groups is 8. The van der Waals surface area contributed by atoms with Crippen LogP contribution in [0.15, 0.2) is 72.8 Å². The van der Waals surface area contributed by atoms with Crippen LogP contribution in [0.25, 0.3) is 0 Å². The number of piperidine rings is 2. The predicted molar refractivity (Wildman–Crippen MR) is 299 cm³/mol. The third-order valence-corrected chi connectivity index (χ3v) is 14.9. The van der Waals surface area contributed by atoms with Crippen molar-refractivity contribution < 1.29 is 62.0 Å². The van der Waals surface area contributed by atoms with E-state index in [1.54, 1.807) is 25.2 Å². The number of rotatable bonds is 26. The summed E-state index contributed by atoms with van der Waals surface area (Å²) in [7, 11) is 3.20. The summed E-state index contributed by atoms with van der Waals surface area (Å²) in [5, 5.41) is 2.15. The SMILES string of the molecule is CCCCC(=O)COc1cccc2c1C(=O)N(C1CCC(=O)NC1=O)C2=O.CCCCCCC(=O)COc1cccc([C@@H](CCc2ccc(C)c(C)c2)OC(=O)[C@@H]2CCCCN2C(=O)[C@@H](CC)c2cc(C)c(OC)c(OC)c2)c1. The zero-order valence-electron chi connectivity index (χ0n) is 47.4. The first-order valence-electron chi connectivity index (χ1n) is 28.1. The number of ketones is 2. The summed E-state index contributed by atoms with van der Waals surface area (Å²) >= 11 is 0. The molecule has 16 nitrogen and oxygen atoms in total. The molecule has 5 amide bonds. The number of nitrogens with zero attached hydrogens (tertiary/aromatic N) is 2. The molecule has 3 aliphatic rings. The summed E-state index contributed by atoms with van der Waals surface area (Å²) in [5.41, 5.74) is 6.30. The summed E-state index contributed by atoms with van der Waals surface area (Å²) < 4.78 is 29.0. The Kier molecular flexibility index (Phi) is 22.8. The minimum absolute atomic E-state index is 0.0139. The van der Waals surface area contributed by atoms with Crippen LogP contribution < -0.4 is 24.3 Å². The maximum atomic E-state index is 14.3. The fraction of sp³-hybridized carbons (Fsp3) is 0.492. The molecule has 3 heterocycles. The molecule has 2 fully saturated rings. The highest BCUT2D eigenvalue weighted by atomic mass is 16.5. The Morgan fingerprint density at radius 3 is 2.13 bits per heavy atom. The van der Waals surface area contributed by atoms with Crippen LogP contribution in [-0.4, -0.2) is 103 Å². The zero-order valence-corrected chi connectivity index (χ0v) is 47.4. The highest BCUT2D eigenvalue weighted by Gasteiger charge is 2.46. The van der Waals surface area contributed by atoms with Gasteiger partial charge < -0.3 is 28.6 Å². The number of hydrogen-bond donors (Lipinski definition) is 1. The minimum Gasteiger partial charge on any atom is -0.493 e. The molecule has 4 atom stereocenters. The van der Waals surface area contributed by atoms with Crippen LogP contribution >= 0.6 is 0 Å². The number of hydrogen-bond acceptors (Lipinski definition) is 13. The Labute approximate surface area is 465 Å². The number of amides is 5. The first kappa shape index (κ1) is 60.9. The van der Waals surface area contributed by atoms with E-state index in [1.165, 1.54) is 23.3 Å². The van der Waals surface area contributed by atoms with E-state index in [-0.39, 0.29) is 60.4 Å². The van der Waals surface area contributed by atoms with Gasteiger partial charge in [-0.1, -0.05) is 88.9 Å². The molecule has 1 unspecified atom stereocenters. The van der Waals surface area contributed by atoms with E-state index in [0.717, 1.165) is 78.5 Å². The van der Waals surface area contributed by atoms with E-state index < -0.39 is 53.7 Å². The van der Waals surface area contributed by atoms with Crippen molar-refractivity contribution in [1.29, 1.82) is 0 Å². The molecule has 7 rings (SSSR count). The maximum Gasteiger partial charge on any atom is 0.329 e. The fourth-order valence-electron chi connectivity index (χ4n) is 10.3. The van der Waals surface area contributed by atoms with Gasteiger partial charge in [0.15, 0.2) is 23.1 Å². The Morgan fingerprint density at radius 1 is 0.696 bits per heavy atom. The number of likely N-dealkylation sites (tertiary alicyclic amines) is 1. The van der Waals surface area contributed by atoms with Gasteiger partial charge in [0.1, 0.15) is 42.9 Å². The Hall–Kier alpha value is -7.36. The monoisotopic (exact) mass is 1090 g/mol. The number of benzene rings is 4. The Balaban J connectivity index is 0.000000311. The average molecular weight is 1090 g/mol. The summed E-state index contributed by atoms with van der Waals surface area (Å²) in [6, 6.07) is 20.6. The van der Waals surface area contributed by atoms with Gasteiger partial charge in [0.05, 0.1) is 31.3 Å². The number of esters is 1. The molecular formula is C63H79N3O13. The quantitative estimate of drug-likeness (QED) is 0.0354. The highest BCUT2D eigenvalue weighted by Crippen LogP contribution is 2.38. The van der Waals surface area contributed by atoms with E-state index in [2.05, 4.69) is 44.3 Å². The van der Waals surface area contributed by atoms with Gasteiger partial charge in [0, 0.05) is 25.8 Å². The van der Waals surface area contributed by atoms with E-state index in [1.807, 2.05) is 57.2 Å². The van der Waals surface area contributed by atoms with Gasteiger partial charge in [0.25, 0.3) is 11.8 Å². The third-order valence-electron chi connectivity index (χ3n) is 14.9. The number of unbranched alkanes of at least 4 members (excludes halogenated alkanes) is 4. The standard InChI is InChI=1S/C44H59NO7.C19H20N2O6/c1-8-10-11-12-17-36(46)29-51-37-18-15-16-34(27-37)40(23-22-33-21-20-30(3)31(4)25-33)52-44(48)39-19-13-14-24-45(39)43(47)38(9-2)35-26-32(5)42(50-7)41(28-35)49-6;1-2-3-5-11(22)10-27-14-7-4-6-12-16(14)19(26)21(18(12)25)13-8-9-15(23)20-17(13)24/h15-16,18,20-21,25-28,38-40H,8-14,17,19,22-24,29H2,1-7H3;4,6-7,13H,2-3,5,8-10H2,1H3,(H,20,23,24)/t38-,39-,40+;/m0./s1. The van der Waals surface area contributed by atoms with Crippen molar-refractivity contribution in [3.05, 3.63) is 117 Å². The van der Waals surface area contributed by atoms with Crippen molar-refractivity contribution >= 4 is 47.1 Å². The summed E-state index contributed by atoms with van der Waals surface area (Å²) in [5.74, 6) is -1.37. The van der Waals surface area contributed by atoms with Gasteiger partial charge in [-0.05, 0) is 142 Å². The lowest BCUT2D eigenvalue weighted by molar-refractivity contribution is -0.162. The van der Waals surface area contributed by atoms with Crippen molar-refractivity contribution in [2.45, 2.75) is 168 Å². The van der Waals surface area contributed by atoms with Gasteiger partial charge >= 0.3 is 5.97 Å². The molecule has 0 spiro atoms. The molecule has 0 aliphatic carbocycles. The number of aryl methyl sites for hydroxylation is 4. The number of carbonyl (C=O) groups excluding carboxylic acids is 8. The van der Waals surface area contributed by atoms with Gasteiger partial charge in [-0.25, -0.2) is 4.79 Å². The predicted octanol–water partition coefficient (Wildman–Crippen LogP) is 10.6. The number of nitrogens with one attached hydrogen (secondary N) is 1. The molecule has 0 saturated carbocycles. The van der Waals surface area contributed by atoms with Crippen LogP contribution in [0.1, 0.15) is 183 Å². The fourth-order valence-corrected chi connectivity index (χ4v) is 10.3. The normalized spacial score (nSPS) is 16.7. The third kappa shape index (κ3) is 15.9. The second kappa shape index (κ2) is 29.6. The van der Waals surface area contributed by atoms with Crippen molar-refractivity contribution in [2.24, 2.45) is 0 Å². The second-order valence-electron chi connectivity index (χ2n) is 20.7. The average Bonchev–Trinajstić information content (AvgIpc) is 3.96. The van der Waals surface area contributed by atoms with Crippen LogP contribution in [0.3, 0.4) is 0 Å². The molecule has 3 aliphatic heterocycles. The van der Waals surface area contributed by atoms with E-state index >= 15 is 0 Å². The molecular weight excluding hydrogens is 1010 g/mol. The number of fused-ring (bicyclic) bond motifs is 1. The lowest BCUT2D eigenvalue weighted by Gasteiger charge is -2.37. The summed E-state index contributed by atoms with van der Waals surface area (Å²) in [6.07, 6.45) is 10.3. The van der Waals surface area contributed by atoms with E-state index in [4.69, 9.17) is 23.7 Å². The Bertz CT molecular complexity index is 2840. The molecule has 1 N–H and O–H groups in total. The first-order chi connectivity index (χ1) is 38.0. The zero-order chi connectivity index (χ0) is 57.2. The Morgan fingerprint density at radius 2 is 1.43 bits per heavy atom. The molecule has 0 aromatic heterocycles. The van der Waals surface area contributed by atoms with Crippen LogP contribution in [-0.2, 0) is 39.9 Å². The smallest absolute Gasteiger partial charge is 0.329 e. The van der Waals surface area contributed by atoms with Gasteiger partial charge in [-0.3, -0.25) is 43.8 Å². The van der Waals surface area contributed by atoms with Crippen molar-refractivity contribution in [3.8, 4) is 23.0 Å². The second-order valence-corrected chi connectivity index (χ2v) is 20.7. The lowest BCUT2D eigenvalue weighted by Crippen LogP contribution is -2.54. The molecule has 4 aromatic rings. The lowest BCUT2D eigenvalue weighted by atomic mass is 9.91. The number of ether oxygens (including phenoxy) is 5. The summed E-state index contributed by atoms with van der Waals surface area (Å²) in [6.45, 7) is 12.6. The molecule has 79 heavy (non-hydrogen) atoms. The topological polar surface area (TPSA) is 201 Å². The highest BCUT2D eigenvalue weighted by molar-refractivity contribution is 6.24. The van der Waals surface area contributed by atoms with Gasteiger partial charge in [0.2, 0.25) is 17.7 Å². The van der Waals surface area contributed by atoms with E-state index in [9.17, 15) is 38.4 Å². The molecule has 0 radical (unpaired) electrons. The number of Topliss-reactive ketones (excluding diaryl/α,β-unsaturated/α-hetero) is 2. The molecule has 4 aromatic carbocycles. The molecule has 2 saturated heterocycles. The maximum absolute atomic E-state index is 14.3. The summed E-state index contributed by atoms with van der Waals surface area (Å²) in [4.78, 5) is 104. The van der Waals surface area contributed by atoms with E-state index in [0.29, 0.717) is 62.3 Å². The van der Waals surface area contributed by atoms with Crippen LogP contribution in [0.4, 0.5) is 0 Å². The van der Waals surface area contributed by atoms with Crippen LogP contribution in [0.2, 0.25) is 0 Å². The van der Waals surface area contributed by atoms with Crippen molar-refractivity contribution in [2.75, 3.05) is 34.0 Å². The van der Waals surface area contributed by atoms with Crippen molar-refractivity contribution in [3.63, 3.8) is 0 Å². The molecule has 16 heteroatoms. The first-order valence-corrected chi connectivity index (χ1v) is 28.1. The number of imide groups is 2. The minimum atomic E-state index is -1.03. The molecule has 424 valence electrons. The molecule has 0 bridgehead atoms. The van der Waals surface area contributed by atoms with Crippen molar-refractivity contribution in [1.82, 2.24) is 15.1 Å². The largest absolute Gasteiger partial charge is 0.493 e. The van der Waals surface area contributed by atoms with Crippen LogP contribution in [0, 0.1) is 20.8 Å². The van der Waals surface area contributed by atoms with Gasteiger partial charge in [-0.2, -0.15) is 0 Å². The van der Waals surface area contributed by atoms with Gasteiger partial charge in [-0.15, -0.1) is 0 Å². The van der Waals surface area contributed by atoms with Crippen LogP contribution in [0.5, 0.6) is 23.0 Å². The number of methoxy groups -OCH3 is 2.